The summed E-state index contributed by atoms with van der Waals surface area (Å²) in [4.78, 5) is 37.9. The molecular weight excluding hydrogens is 348 g/mol. The number of ether oxygens (including phenoxy) is 1. The Kier molecular flexibility index (Phi) is 6.25. The maximum atomic E-state index is 12.9. The molecule has 2 N–H and O–H groups in total. The largest absolute Gasteiger partial charge is 0.496 e. The minimum atomic E-state index is -1.09. The number of carboxylic acid groups (broad SMARTS) is 1. The normalized spacial score (nSPS) is 17.9. The molecule has 8 heteroatoms. The van der Waals surface area contributed by atoms with E-state index in [-0.39, 0.29) is 17.9 Å². The lowest BCUT2D eigenvalue weighted by molar-refractivity contribution is -0.142. The van der Waals surface area contributed by atoms with Gasteiger partial charge in [0.25, 0.3) is 5.91 Å². The van der Waals surface area contributed by atoms with Crippen molar-refractivity contribution in [1.82, 2.24) is 10.2 Å². The molecule has 1 fully saturated rings. The summed E-state index contributed by atoms with van der Waals surface area (Å²) in [7, 11) is 1.45. The van der Waals surface area contributed by atoms with E-state index in [1.54, 1.807) is 19.1 Å². The van der Waals surface area contributed by atoms with E-state index in [2.05, 4.69) is 5.32 Å². The molecule has 1 aliphatic heterocycles. The fraction of sp³-hybridized carbons (Fsp3) is 0.471. The van der Waals surface area contributed by atoms with E-state index in [9.17, 15) is 14.4 Å². The van der Waals surface area contributed by atoms with Crippen LogP contribution in [0.5, 0.6) is 5.75 Å². The van der Waals surface area contributed by atoms with Gasteiger partial charge in [0.2, 0.25) is 5.91 Å². The Labute approximate surface area is 150 Å². The zero-order chi connectivity index (χ0) is 18.6. The van der Waals surface area contributed by atoms with Gasteiger partial charge in [-0.25, -0.2) is 4.79 Å². The number of methoxy groups -OCH3 is 1. The molecule has 2 unspecified atom stereocenters. The summed E-state index contributed by atoms with van der Waals surface area (Å²) in [5.74, 6) is -1.54. The first-order valence-electron chi connectivity index (χ1n) is 8.06. The first-order chi connectivity index (χ1) is 11.9. The predicted molar refractivity (Wildman–Crippen MR) is 91.9 cm³/mol. The molecule has 136 valence electrons. The molecule has 1 saturated heterocycles. The van der Waals surface area contributed by atoms with E-state index in [4.69, 9.17) is 21.4 Å². The van der Waals surface area contributed by atoms with Gasteiger partial charge in [-0.05, 0) is 37.5 Å². The molecule has 0 saturated carbocycles. The van der Waals surface area contributed by atoms with E-state index in [0.717, 1.165) is 0 Å². The topological polar surface area (TPSA) is 95.9 Å². The Bertz CT molecular complexity index is 679. The van der Waals surface area contributed by atoms with Crippen LogP contribution in [0.25, 0.3) is 0 Å². The highest BCUT2D eigenvalue weighted by molar-refractivity contribution is 6.31. The number of carbonyl (C=O) groups is 3. The monoisotopic (exact) mass is 368 g/mol. The molecule has 2 atom stereocenters. The van der Waals surface area contributed by atoms with E-state index in [0.29, 0.717) is 30.2 Å². The van der Waals surface area contributed by atoms with Crippen molar-refractivity contribution in [3.63, 3.8) is 0 Å². The number of aliphatic carboxylic acids is 1. The van der Waals surface area contributed by atoms with Crippen molar-refractivity contribution in [3.05, 3.63) is 28.8 Å². The first-order valence-corrected chi connectivity index (χ1v) is 8.44. The van der Waals surface area contributed by atoms with Gasteiger partial charge < -0.3 is 20.1 Å². The number of benzene rings is 1. The van der Waals surface area contributed by atoms with Crippen molar-refractivity contribution >= 4 is 29.4 Å². The highest BCUT2D eigenvalue weighted by atomic mass is 35.5. The van der Waals surface area contributed by atoms with Crippen LogP contribution in [0, 0.1) is 0 Å². The number of amides is 2. The van der Waals surface area contributed by atoms with Gasteiger partial charge in [-0.3, -0.25) is 9.59 Å². The molecule has 0 bridgehead atoms. The van der Waals surface area contributed by atoms with Crippen molar-refractivity contribution in [1.29, 1.82) is 0 Å². The maximum Gasteiger partial charge on any atom is 0.326 e. The van der Waals surface area contributed by atoms with Crippen molar-refractivity contribution in [3.8, 4) is 5.75 Å². The smallest absolute Gasteiger partial charge is 0.326 e. The summed E-state index contributed by atoms with van der Waals surface area (Å²) >= 11 is 5.98. The summed E-state index contributed by atoms with van der Waals surface area (Å²) in [5, 5.41) is 12.0. The van der Waals surface area contributed by atoms with E-state index in [1.807, 2.05) is 0 Å². The molecule has 2 rings (SSSR count). The van der Waals surface area contributed by atoms with Crippen molar-refractivity contribution in [2.45, 2.75) is 38.3 Å². The third-order valence-corrected chi connectivity index (χ3v) is 4.47. The number of rotatable bonds is 6. The van der Waals surface area contributed by atoms with Crippen LogP contribution in [0.2, 0.25) is 5.02 Å². The lowest BCUT2D eigenvalue weighted by Crippen LogP contribution is -2.50. The molecule has 1 aromatic rings. The molecule has 7 nitrogen and oxygen atoms in total. The summed E-state index contributed by atoms with van der Waals surface area (Å²) in [6, 6.07) is 3.04. The molecule has 0 aromatic heterocycles. The second-order valence-electron chi connectivity index (χ2n) is 5.81. The summed E-state index contributed by atoms with van der Waals surface area (Å²) in [5.41, 5.74) is 0.278. The summed E-state index contributed by atoms with van der Waals surface area (Å²) in [6.45, 7) is 2.09. The van der Waals surface area contributed by atoms with Crippen LogP contribution in [0.1, 0.15) is 36.5 Å². The number of carbonyl (C=O) groups excluding carboxylic acids is 2. The van der Waals surface area contributed by atoms with Crippen LogP contribution >= 0.6 is 11.6 Å². The van der Waals surface area contributed by atoms with Gasteiger partial charge in [-0.2, -0.15) is 0 Å². The van der Waals surface area contributed by atoms with Crippen LogP contribution in [0.15, 0.2) is 18.2 Å². The first kappa shape index (κ1) is 19.1. The standard InChI is InChI=1S/C17H21ClN2O5/c1-3-12(17(23)24)19-15(21)13-5-4-8-20(13)16(22)11-9-10(18)6-7-14(11)25-2/h6-7,9,12-13H,3-5,8H2,1-2H3,(H,19,21)(H,23,24). The molecule has 0 spiro atoms. The molecule has 0 aliphatic carbocycles. The highest BCUT2D eigenvalue weighted by Gasteiger charge is 2.36. The molecular formula is C17H21ClN2O5. The van der Waals surface area contributed by atoms with Crippen LogP contribution in [0.4, 0.5) is 0 Å². The lowest BCUT2D eigenvalue weighted by Gasteiger charge is -2.26. The Morgan fingerprint density at radius 3 is 2.76 bits per heavy atom. The van der Waals surface area contributed by atoms with E-state index >= 15 is 0 Å². The molecule has 25 heavy (non-hydrogen) atoms. The molecule has 1 aliphatic rings. The fourth-order valence-electron chi connectivity index (χ4n) is 2.89. The van der Waals surface area contributed by atoms with E-state index < -0.39 is 24.0 Å². The van der Waals surface area contributed by atoms with Crippen LogP contribution in [-0.4, -0.2) is 53.5 Å². The Morgan fingerprint density at radius 1 is 1.44 bits per heavy atom. The number of halogens is 1. The summed E-state index contributed by atoms with van der Waals surface area (Å²) < 4.78 is 5.21. The number of hydrogen-bond acceptors (Lipinski definition) is 4. The fourth-order valence-corrected chi connectivity index (χ4v) is 3.06. The molecule has 2 amide bonds. The maximum absolute atomic E-state index is 12.9. The van der Waals surface area contributed by atoms with Crippen LogP contribution < -0.4 is 10.1 Å². The Morgan fingerprint density at radius 2 is 2.16 bits per heavy atom. The van der Waals surface area contributed by atoms with Crippen LogP contribution in [0.3, 0.4) is 0 Å². The highest BCUT2D eigenvalue weighted by Crippen LogP contribution is 2.27. The molecule has 0 radical (unpaired) electrons. The van der Waals surface area contributed by atoms with Crippen molar-refractivity contribution in [2.24, 2.45) is 0 Å². The predicted octanol–water partition coefficient (Wildman–Crippen LogP) is 1.93. The van der Waals surface area contributed by atoms with E-state index in [1.165, 1.54) is 18.1 Å². The average molecular weight is 369 g/mol. The van der Waals surface area contributed by atoms with Gasteiger partial charge in [-0.1, -0.05) is 18.5 Å². The zero-order valence-corrected chi connectivity index (χ0v) is 14.9. The number of nitrogens with zero attached hydrogens (tertiary/aromatic N) is 1. The lowest BCUT2D eigenvalue weighted by atomic mass is 10.1. The molecule has 1 aromatic carbocycles. The molecule has 1 heterocycles. The Hall–Kier alpha value is -2.28. The quantitative estimate of drug-likeness (QED) is 0.799. The zero-order valence-electron chi connectivity index (χ0n) is 14.1. The van der Waals surface area contributed by atoms with Crippen molar-refractivity contribution in [2.75, 3.05) is 13.7 Å². The third-order valence-electron chi connectivity index (χ3n) is 4.23. The van der Waals surface area contributed by atoms with Crippen LogP contribution in [-0.2, 0) is 9.59 Å². The Balaban J connectivity index is 2.21. The van der Waals surface area contributed by atoms with Crippen molar-refractivity contribution < 1.29 is 24.2 Å². The summed E-state index contributed by atoms with van der Waals surface area (Å²) in [6.07, 6.45) is 1.41. The van der Waals surface area contributed by atoms with Gasteiger partial charge in [0.1, 0.15) is 17.8 Å². The minimum absolute atomic E-state index is 0.268. The average Bonchev–Trinajstić information content (AvgIpc) is 3.08. The number of nitrogens with one attached hydrogen (secondary N) is 1. The van der Waals surface area contributed by atoms with Gasteiger partial charge in [0.15, 0.2) is 0 Å². The van der Waals surface area contributed by atoms with Gasteiger partial charge >= 0.3 is 5.97 Å². The second kappa shape index (κ2) is 8.20. The minimum Gasteiger partial charge on any atom is -0.496 e. The number of hydrogen-bond donors (Lipinski definition) is 2. The number of carboxylic acids is 1. The van der Waals surface area contributed by atoms with Gasteiger partial charge in [-0.15, -0.1) is 0 Å². The second-order valence-corrected chi connectivity index (χ2v) is 6.25. The van der Waals surface area contributed by atoms with Gasteiger partial charge in [0.05, 0.1) is 12.7 Å². The third kappa shape index (κ3) is 4.22. The SMILES string of the molecule is CCC(NC(=O)C1CCCN1C(=O)c1cc(Cl)ccc1OC)C(=O)O. The number of likely N-dealkylation sites (tertiary alicyclic amines) is 1. The van der Waals surface area contributed by atoms with Gasteiger partial charge in [0, 0.05) is 11.6 Å².